The molecule has 10 heteroatoms. The molecule has 1 aromatic heterocycles. The summed E-state index contributed by atoms with van der Waals surface area (Å²) in [7, 11) is -8.49. The van der Waals surface area contributed by atoms with Gasteiger partial charge >= 0.3 is 5.97 Å². The Hall–Kier alpha value is -2.90. The highest BCUT2D eigenvalue weighted by atomic mass is 35.5. The highest BCUT2D eigenvalue weighted by molar-refractivity contribution is 7.90. The van der Waals surface area contributed by atoms with E-state index in [1.165, 1.54) is 24.3 Å². The predicted octanol–water partition coefficient (Wildman–Crippen LogP) is 5.06. The molecule has 1 atom stereocenters. The van der Waals surface area contributed by atoms with Gasteiger partial charge in [0.05, 0.1) is 22.3 Å². The lowest BCUT2D eigenvalue weighted by Crippen LogP contribution is -2.27. The van der Waals surface area contributed by atoms with Gasteiger partial charge in [-0.25, -0.2) is 17.2 Å². The van der Waals surface area contributed by atoms with Crippen LogP contribution >= 0.6 is 19.0 Å². The van der Waals surface area contributed by atoms with Crippen LogP contribution in [0.2, 0.25) is 5.02 Å². The zero-order chi connectivity index (χ0) is 25.4. The third kappa shape index (κ3) is 4.10. The van der Waals surface area contributed by atoms with Crippen LogP contribution in [0.4, 0.5) is 0 Å². The van der Waals surface area contributed by atoms with Gasteiger partial charge in [-0.05, 0) is 55.3 Å². The Balaban J connectivity index is 2.29. The number of rotatable bonds is 8. The fourth-order valence-corrected chi connectivity index (χ4v) is 8.60. The largest absolute Gasteiger partial charge is 0.477 e. The number of fused-ring (bicyclic) bond motifs is 1. The molecule has 35 heavy (non-hydrogen) atoms. The summed E-state index contributed by atoms with van der Waals surface area (Å²) in [6.45, 7) is 3.46. The highest BCUT2D eigenvalue weighted by Crippen LogP contribution is 2.50. The van der Waals surface area contributed by atoms with Crippen molar-refractivity contribution in [3.8, 4) is 0 Å². The lowest BCUT2D eigenvalue weighted by molar-refractivity contribution is 0.0690. The molecule has 0 saturated carbocycles. The number of aromatic carboxylic acids is 1. The minimum atomic E-state index is -4.40. The molecular formula is C25H23ClNO6PS. The summed E-state index contributed by atoms with van der Waals surface area (Å²) in [6.07, 6.45) is 0.346. The van der Waals surface area contributed by atoms with E-state index in [0.717, 1.165) is 3.97 Å². The summed E-state index contributed by atoms with van der Waals surface area (Å²) < 4.78 is 48.9. The maximum Gasteiger partial charge on any atom is 0.354 e. The van der Waals surface area contributed by atoms with Crippen LogP contribution in [0.25, 0.3) is 10.9 Å². The number of hydrogen-bond acceptors (Lipinski definition) is 5. The van der Waals surface area contributed by atoms with E-state index in [2.05, 4.69) is 0 Å². The number of aromatic nitrogens is 1. The van der Waals surface area contributed by atoms with Crippen LogP contribution in [0.15, 0.2) is 77.7 Å². The highest BCUT2D eigenvalue weighted by Gasteiger charge is 2.42. The third-order valence-corrected chi connectivity index (χ3v) is 10.4. The average molecular weight is 532 g/mol. The van der Waals surface area contributed by atoms with Crippen LogP contribution in [-0.4, -0.2) is 30.1 Å². The van der Waals surface area contributed by atoms with Gasteiger partial charge in [0, 0.05) is 15.7 Å². The van der Waals surface area contributed by atoms with Crippen LogP contribution in [0.3, 0.4) is 0 Å². The molecule has 1 heterocycles. The Morgan fingerprint density at radius 2 is 1.60 bits per heavy atom. The number of carboxylic acids is 1. The van der Waals surface area contributed by atoms with Gasteiger partial charge in [0.2, 0.25) is 0 Å². The first kappa shape index (κ1) is 25.2. The topological polar surface area (TPSA) is 103 Å². The molecule has 0 amide bonds. The summed E-state index contributed by atoms with van der Waals surface area (Å²) in [5, 5.41) is 11.0. The first-order valence-corrected chi connectivity index (χ1v) is 14.3. The Morgan fingerprint density at radius 1 is 1.00 bits per heavy atom. The zero-order valence-corrected chi connectivity index (χ0v) is 21.5. The van der Waals surface area contributed by atoms with Crippen molar-refractivity contribution in [3.05, 3.63) is 89.1 Å². The Bertz CT molecular complexity index is 1570. The monoisotopic (exact) mass is 531 g/mol. The number of benzene rings is 3. The molecular weight excluding hydrogens is 509 g/mol. The Labute approximate surface area is 208 Å². The van der Waals surface area contributed by atoms with Crippen molar-refractivity contribution in [1.82, 2.24) is 3.97 Å². The normalized spacial score (nSPS) is 13.6. The molecule has 3 aromatic carbocycles. The minimum absolute atomic E-state index is 0.00532. The fourth-order valence-electron chi connectivity index (χ4n) is 4.22. The zero-order valence-electron chi connectivity index (χ0n) is 19.0. The second-order valence-electron chi connectivity index (χ2n) is 7.66. The molecule has 0 fully saturated rings. The lowest BCUT2D eigenvalue weighted by atomic mass is 10.1. The molecule has 4 rings (SSSR count). The number of nitrogens with zero attached hydrogens (tertiary/aromatic N) is 1. The molecule has 4 aromatic rings. The number of hydrogen-bond donors (Lipinski definition) is 1. The summed E-state index contributed by atoms with van der Waals surface area (Å²) in [5.41, 5.74) is -0.0839. The molecule has 0 aliphatic rings. The van der Waals surface area contributed by atoms with Crippen molar-refractivity contribution < 1.29 is 27.4 Å². The Kier molecular flexibility index (Phi) is 6.93. The number of carboxylic acid groups (broad SMARTS) is 1. The lowest BCUT2D eigenvalue weighted by Gasteiger charge is -2.20. The van der Waals surface area contributed by atoms with Gasteiger partial charge in [0.25, 0.3) is 17.4 Å². The fraction of sp³-hybridized carbons (Fsp3) is 0.160. The van der Waals surface area contributed by atoms with Crippen LogP contribution in [0.1, 0.15) is 29.9 Å². The van der Waals surface area contributed by atoms with Gasteiger partial charge < -0.3 is 9.63 Å². The minimum Gasteiger partial charge on any atom is -0.477 e. The van der Waals surface area contributed by atoms with Crippen LogP contribution in [-0.2, 0) is 25.5 Å². The van der Waals surface area contributed by atoms with E-state index in [-0.39, 0.29) is 33.0 Å². The molecule has 0 aliphatic heterocycles. The number of aryl methyl sites for hydroxylation is 1. The summed E-state index contributed by atoms with van der Waals surface area (Å²) >= 11 is 6.48. The van der Waals surface area contributed by atoms with Crippen molar-refractivity contribution in [2.45, 2.75) is 25.2 Å². The molecule has 7 nitrogen and oxygen atoms in total. The standard InChI is InChI=1S/C25H23ClNO6PS/c1-3-19-20(26)15-16-21-22(19)24(34(30,33-4-2)17-11-7-5-8-12-17)23(25(28)29)27(21)35(31,32)18-13-9-6-10-14-18/h5-16H,3-4H2,1-2H3,(H,28,29). The van der Waals surface area contributed by atoms with E-state index in [4.69, 9.17) is 16.1 Å². The van der Waals surface area contributed by atoms with Crippen LogP contribution < -0.4 is 10.6 Å². The third-order valence-electron chi connectivity index (χ3n) is 5.66. The van der Waals surface area contributed by atoms with Gasteiger partial charge in [-0.15, -0.1) is 0 Å². The van der Waals surface area contributed by atoms with Crippen molar-refractivity contribution in [2.24, 2.45) is 0 Å². The average Bonchev–Trinajstić information content (AvgIpc) is 3.22. The van der Waals surface area contributed by atoms with Gasteiger partial charge in [-0.1, -0.05) is 54.9 Å². The van der Waals surface area contributed by atoms with E-state index in [0.29, 0.717) is 17.0 Å². The second-order valence-corrected chi connectivity index (χ2v) is 12.2. The van der Waals surface area contributed by atoms with Crippen molar-refractivity contribution in [1.29, 1.82) is 0 Å². The van der Waals surface area contributed by atoms with Gasteiger partial charge in [-0.2, -0.15) is 0 Å². The van der Waals surface area contributed by atoms with E-state index < -0.39 is 29.1 Å². The Morgan fingerprint density at radius 3 is 2.14 bits per heavy atom. The van der Waals surface area contributed by atoms with Gasteiger partial charge in [0.15, 0.2) is 5.69 Å². The maximum absolute atomic E-state index is 14.7. The molecule has 0 aliphatic carbocycles. The van der Waals surface area contributed by atoms with Crippen LogP contribution in [0.5, 0.6) is 0 Å². The summed E-state index contributed by atoms with van der Waals surface area (Å²) in [5.74, 6) is -1.55. The maximum atomic E-state index is 14.7. The van der Waals surface area contributed by atoms with E-state index in [1.807, 2.05) is 6.92 Å². The van der Waals surface area contributed by atoms with E-state index >= 15 is 0 Å². The predicted molar refractivity (Wildman–Crippen MR) is 137 cm³/mol. The van der Waals surface area contributed by atoms with Gasteiger partial charge in [-0.3, -0.25) is 4.57 Å². The van der Waals surface area contributed by atoms with Crippen molar-refractivity contribution >= 4 is 56.5 Å². The van der Waals surface area contributed by atoms with Crippen molar-refractivity contribution in [2.75, 3.05) is 6.61 Å². The second kappa shape index (κ2) is 9.63. The summed E-state index contributed by atoms with van der Waals surface area (Å²) in [6, 6.07) is 18.7. The molecule has 1 unspecified atom stereocenters. The summed E-state index contributed by atoms with van der Waals surface area (Å²) in [4.78, 5) is 12.7. The molecule has 0 radical (unpaired) electrons. The number of carbonyl (C=O) groups is 1. The molecule has 0 saturated heterocycles. The van der Waals surface area contributed by atoms with Crippen LogP contribution in [0, 0.1) is 0 Å². The molecule has 1 N–H and O–H groups in total. The SMILES string of the molecule is CCOP(=O)(c1ccccc1)c1c(C(=O)O)n(S(=O)(=O)c2ccccc2)c2ccc(Cl)c(CC)c12. The van der Waals surface area contributed by atoms with Crippen molar-refractivity contribution in [3.63, 3.8) is 0 Å². The first-order chi connectivity index (χ1) is 16.7. The van der Waals surface area contributed by atoms with E-state index in [9.17, 15) is 22.9 Å². The quantitative estimate of drug-likeness (QED) is 0.319. The first-order valence-electron chi connectivity index (χ1n) is 10.9. The smallest absolute Gasteiger partial charge is 0.354 e. The molecule has 0 spiro atoms. The molecule has 0 bridgehead atoms. The number of halogens is 1. The molecule has 182 valence electrons. The van der Waals surface area contributed by atoms with Gasteiger partial charge in [0.1, 0.15) is 0 Å². The van der Waals surface area contributed by atoms with E-state index in [1.54, 1.807) is 55.5 Å².